The van der Waals surface area contributed by atoms with Crippen LogP contribution in [0.5, 0.6) is 0 Å². The molecule has 1 rings (SSSR count). The van der Waals surface area contributed by atoms with E-state index in [4.69, 9.17) is 9.53 Å². The zero-order chi connectivity index (χ0) is 22.0. The monoisotopic (exact) mass is 413 g/mol. The Morgan fingerprint density at radius 3 is 1.76 bits per heavy atom. The molecule has 0 bridgehead atoms. The van der Waals surface area contributed by atoms with Gasteiger partial charge in [-0.05, 0) is 65.3 Å². The fourth-order valence-electron chi connectivity index (χ4n) is 2.59. The molecule has 1 aromatic carbocycles. The van der Waals surface area contributed by atoms with Gasteiger partial charge in [0.05, 0.1) is 0 Å². The Balaban J connectivity index is 0.000000828. The Morgan fingerprint density at radius 1 is 0.862 bits per heavy atom. The van der Waals surface area contributed by atoms with Crippen molar-refractivity contribution in [3.8, 4) is 23.7 Å². The zero-order valence-corrected chi connectivity index (χ0v) is 20.5. The van der Waals surface area contributed by atoms with Crippen LogP contribution in [0.3, 0.4) is 0 Å². The lowest BCUT2D eigenvalue weighted by atomic mass is 10.1. The molecule has 0 aliphatic carbocycles. The topological polar surface area (TPSA) is 29.5 Å². The first-order valence-corrected chi connectivity index (χ1v) is 13.4. The zero-order valence-electron chi connectivity index (χ0n) is 19.5. The Bertz CT molecular complexity index is 651. The molecular weight excluding hydrogens is 372 g/mol. The molecule has 0 aliphatic heterocycles. The maximum absolute atomic E-state index is 8.73. The first-order valence-electron chi connectivity index (χ1n) is 11.0. The number of aliphatic hydroxyl groups excluding tert-OH is 1. The van der Waals surface area contributed by atoms with Gasteiger partial charge in [-0.25, -0.2) is 0 Å². The van der Waals surface area contributed by atoms with Gasteiger partial charge in [0.25, 0.3) is 0 Å². The van der Waals surface area contributed by atoms with Gasteiger partial charge in [-0.3, -0.25) is 0 Å². The van der Waals surface area contributed by atoms with Gasteiger partial charge in [-0.2, -0.15) is 0 Å². The summed E-state index contributed by atoms with van der Waals surface area (Å²) in [5, 5.41) is 8.73. The average molecular weight is 414 g/mol. The van der Waals surface area contributed by atoms with Crippen LogP contribution in [-0.2, 0) is 4.43 Å². The Morgan fingerprint density at radius 2 is 1.38 bits per heavy atom. The van der Waals surface area contributed by atoms with Crippen molar-refractivity contribution in [1.29, 1.82) is 0 Å². The second kappa shape index (κ2) is 17.3. The van der Waals surface area contributed by atoms with Gasteiger partial charge in [0.2, 0.25) is 9.04 Å². The Hall–Kier alpha value is -1.52. The molecule has 0 atom stereocenters. The van der Waals surface area contributed by atoms with Gasteiger partial charge >= 0.3 is 0 Å². The van der Waals surface area contributed by atoms with E-state index in [0.29, 0.717) is 0 Å². The molecule has 161 valence electrons. The maximum Gasteiger partial charge on any atom is 0.205 e. The van der Waals surface area contributed by atoms with Crippen molar-refractivity contribution in [3.05, 3.63) is 35.4 Å². The third-order valence-corrected chi connectivity index (χ3v) is 4.77. The van der Waals surface area contributed by atoms with E-state index >= 15 is 0 Å². The molecule has 0 unspecified atom stereocenters. The molecule has 1 radical (unpaired) electrons. The van der Waals surface area contributed by atoms with Gasteiger partial charge < -0.3 is 9.53 Å². The van der Waals surface area contributed by atoms with E-state index in [1.807, 2.05) is 24.3 Å². The lowest BCUT2D eigenvalue weighted by molar-refractivity contribution is 0.132. The predicted octanol–water partition coefficient (Wildman–Crippen LogP) is 6.58. The SMILES string of the molecule is CCCCCCC#Cc1ccccc1C#CCCCCO.C[Si](C)OC(C)(C)C. The fraction of sp³-hybridized carbons (Fsp3) is 0.615. The summed E-state index contributed by atoms with van der Waals surface area (Å²) in [6.45, 7) is 13.0. The van der Waals surface area contributed by atoms with Crippen LogP contribution in [-0.4, -0.2) is 26.4 Å². The minimum Gasteiger partial charge on any atom is -0.413 e. The summed E-state index contributed by atoms with van der Waals surface area (Å²) in [7, 11) is -0.492. The number of benzene rings is 1. The van der Waals surface area contributed by atoms with E-state index in [-0.39, 0.29) is 12.2 Å². The first kappa shape index (κ1) is 27.5. The minimum absolute atomic E-state index is 0.0673. The molecule has 1 N–H and O–H groups in total. The molecular formula is C26H41O2Si. The molecule has 0 spiro atoms. The maximum atomic E-state index is 8.73. The number of aliphatic hydroxyl groups is 1. The fourth-order valence-corrected chi connectivity index (χ4v) is 3.82. The van der Waals surface area contributed by atoms with E-state index in [0.717, 1.165) is 36.8 Å². The normalized spacial score (nSPS) is 10.3. The molecule has 1 aromatic rings. The van der Waals surface area contributed by atoms with E-state index in [1.54, 1.807) is 0 Å². The summed E-state index contributed by atoms with van der Waals surface area (Å²) in [6, 6.07) is 8.08. The van der Waals surface area contributed by atoms with Crippen LogP contribution >= 0.6 is 0 Å². The molecule has 0 fully saturated rings. The highest BCUT2D eigenvalue weighted by Gasteiger charge is 2.12. The van der Waals surface area contributed by atoms with Crippen molar-refractivity contribution in [1.82, 2.24) is 0 Å². The van der Waals surface area contributed by atoms with Gasteiger partial charge in [-0.1, -0.05) is 62.0 Å². The summed E-state index contributed by atoms with van der Waals surface area (Å²) in [5.74, 6) is 12.9. The van der Waals surface area contributed by atoms with Crippen molar-refractivity contribution < 1.29 is 9.53 Å². The van der Waals surface area contributed by atoms with Crippen LogP contribution in [0, 0.1) is 23.7 Å². The predicted molar refractivity (Wildman–Crippen MR) is 128 cm³/mol. The van der Waals surface area contributed by atoms with Crippen LogP contribution in [0.4, 0.5) is 0 Å². The van der Waals surface area contributed by atoms with Gasteiger partial charge in [0.15, 0.2) is 0 Å². The van der Waals surface area contributed by atoms with Crippen LogP contribution in [0.1, 0.15) is 90.2 Å². The molecule has 0 aliphatic rings. The van der Waals surface area contributed by atoms with Crippen molar-refractivity contribution in [2.24, 2.45) is 0 Å². The molecule has 3 heteroatoms. The summed E-state index contributed by atoms with van der Waals surface area (Å²) < 4.78 is 5.54. The summed E-state index contributed by atoms with van der Waals surface area (Å²) in [5.41, 5.74) is 2.11. The summed E-state index contributed by atoms with van der Waals surface area (Å²) in [4.78, 5) is 0. The number of rotatable bonds is 8. The van der Waals surface area contributed by atoms with E-state index in [9.17, 15) is 0 Å². The number of unbranched alkanes of at least 4 members (excludes halogenated alkanes) is 6. The van der Waals surface area contributed by atoms with Crippen LogP contribution < -0.4 is 0 Å². The van der Waals surface area contributed by atoms with Gasteiger partial charge in [-0.15, -0.1) is 0 Å². The first-order chi connectivity index (χ1) is 13.8. The molecule has 0 heterocycles. The highest BCUT2D eigenvalue weighted by Crippen LogP contribution is 2.08. The second-order valence-corrected chi connectivity index (χ2v) is 10.3. The number of hydrogen-bond donors (Lipinski definition) is 1. The van der Waals surface area contributed by atoms with Crippen LogP contribution in [0.2, 0.25) is 13.1 Å². The quantitative estimate of drug-likeness (QED) is 0.296. The van der Waals surface area contributed by atoms with Gasteiger partial charge in [0.1, 0.15) is 0 Å². The van der Waals surface area contributed by atoms with Crippen molar-refractivity contribution in [2.45, 2.75) is 97.8 Å². The largest absolute Gasteiger partial charge is 0.413 e. The van der Waals surface area contributed by atoms with Crippen LogP contribution in [0.15, 0.2) is 24.3 Å². The van der Waals surface area contributed by atoms with E-state index in [2.05, 4.69) is 64.5 Å². The molecule has 2 nitrogen and oxygen atoms in total. The number of hydrogen-bond acceptors (Lipinski definition) is 2. The Labute approximate surface area is 182 Å². The van der Waals surface area contributed by atoms with Crippen molar-refractivity contribution >= 4 is 9.04 Å². The van der Waals surface area contributed by atoms with Crippen molar-refractivity contribution in [3.63, 3.8) is 0 Å². The minimum atomic E-state index is -0.492. The molecule has 0 saturated carbocycles. The van der Waals surface area contributed by atoms with Gasteiger partial charge in [0, 0.05) is 36.2 Å². The molecule has 0 amide bonds. The lowest BCUT2D eigenvalue weighted by Crippen LogP contribution is -2.25. The highest BCUT2D eigenvalue weighted by atomic mass is 28.3. The molecule has 0 aromatic heterocycles. The van der Waals surface area contributed by atoms with Crippen LogP contribution in [0.25, 0.3) is 0 Å². The van der Waals surface area contributed by atoms with E-state index < -0.39 is 9.04 Å². The lowest BCUT2D eigenvalue weighted by Gasteiger charge is -2.21. The standard InChI is InChI=1S/C20H26O.C6H15OSi/c1-2-3-4-5-6-9-14-19-16-11-12-17-20(19)15-10-7-8-13-18-21;1-6(2,3)7-8(4)5/h11-12,16-17,21H,2-8,13,18H2,1H3;1-5H3. The van der Waals surface area contributed by atoms with E-state index in [1.165, 1.54) is 25.7 Å². The molecule has 29 heavy (non-hydrogen) atoms. The Kier molecular flexibility index (Phi) is 16.4. The highest BCUT2D eigenvalue weighted by molar-refractivity contribution is 6.48. The second-order valence-electron chi connectivity index (χ2n) is 8.26. The third kappa shape index (κ3) is 18.3. The average Bonchev–Trinajstić information content (AvgIpc) is 2.64. The smallest absolute Gasteiger partial charge is 0.205 e. The third-order valence-electron chi connectivity index (χ3n) is 3.75. The molecule has 0 saturated heterocycles. The van der Waals surface area contributed by atoms with Crippen molar-refractivity contribution in [2.75, 3.05) is 6.61 Å². The summed E-state index contributed by atoms with van der Waals surface area (Å²) in [6.07, 6.45) is 8.62. The summed E-state index contributed by atoms with van der Waals surface area (Å²) >= 11 is 0.